The molecular weight excluding hydrogens is 368 g/mol. The van der Waals surface area contributed by atoms with E-state index in [1.54, 1.807) is 4.90 Å². The van der Waals surface area contributed by atoms with Crippen LogP contribution < -0.4 is 10.6 Å². The Hall–Kier alpha value is -2.13. The van der Waals surface area contributed by atoms with E-state index in [9.17, 15) is 14.4 Å². The monoisotopic (exact) mass is 396 g/mol. The van der Waals surface area contributed by atoms with E-state index in [0.29, 0.717) is 43.3 Å². The summed E-state index contributed by atoms with van der Waals surface area (Å²) in [4.78, 5) is 40.5. The number of esters is 1. The Labute approximate surface area is 163 Å². The zero-order valence-corrected chi connectivity index (χ0v) is 17.1. The number of nitrogens with zero attached hydrogens (tertiary/aromatic N) is 2. The van der Waals surface area contributed by atoms with Crippen LogP contribution in [0, 0.1) is 6.92 Å². The molecule has 1 saturated heterocycles. The Bertz CT molecular complexity index is 683. The van der Waals surface area contributed by atoms with Crippen LogP contribution in [0.1, 0.15) is 35.5 Å². The maximum Gasteiger partial charge on any atom is 0.350 e. The maximum atomic E-state index is 12.6. The molecule has 1 aliphatic heterocycles. The molecule has 2 rings (SSSR count). The highest BCUT2D eigenvalue weighted by Crippen LogP contribution is 2.28. The molecule has 8 nitrogen and oxygen atoms in total. The number of hydrogen-bond donors (Lipinski definition) is 2. The van der Waals surface area contributed by atoms with E-state index < -0.39 is 5.97 Å². The molecule has 2 heterocycles. The number of carbonyl (C=O) groups is 3. The molecule has 3 amide bonds. The van der Waals surface area contributed by atoms with E-state index in [4.69, 9.17) is 4.74 Å². The lowest BCUT2D eigenvalue weighted by molar-refractivity contribution is -0.123. The molecule has 2 N–H and O–H groups in total. The highest BCUT2D eigenvalue weighted by atomic mass is 32.1. The first-order valence-corrected chi connectivity index (χ1v) is 9.97. The fourth-order valence-electron chi connectivity index (χ4n) is 2.76. The number of aryl methyl sites for hydroxylation is 1. The molecular formula is C18H28N4O4S. The molecule has 1 atom stereocenters. The Morgan fingerprint density at radius 3 is 2.52 bits per heavy atom. The lowest BCUT2D eigenvalue weighted by Crippen LogP contribution is -2.52. The normalized spacial score (nSPS) is 15.9. The first-order valence-electron chi connectivity index (χ1n) is 9.09. The van der Waals surface area contributed by atoms with Gasteiger partial charge in [0.15, 0.2) is 0 Å². The summed E-state index contributed by atoms with van der Waals surface area (Å²) in [6, 6.07) is -0.0761. The van der Waals surface area contributed by atoms with E-state index in [1.807, 2.05) is 31.1 Å². The fraction of sp³-hybridized carbons (Fsp3) is 0.611. The van der Waals surface area contributed by atoms with Crippen LogP contribution in [0.15, 0.2) is 5.38 Å². The first-order chi connectivity index (χ1) is 12.8. The molecule has 0 aromatic carbocycles. The van der Waals surface area contributed by atoms with E-state index >= 15 is 0 Å². The quantitative estimate of drug-likeness (QED) is 0.717. The average Bonchev–Trinajstić information content (AvgIpc) is 3.01. The van der Waals surface area contributed by atoms with Crippen molar-refractivity contribution in [1.29, 1.82) is 0 Å². The summed E-state index contributed by atoms with van der Waals surface area (Å²) < 4.78 is 4.77. The highest BCUT2D eigenvalue weighted by molar-refractivity contribution is 7.12. The van der Waals surface area contributed by atoms with Crippen LogP contribution in [0.4, 0.5) is 10.5 Å². The molecule has 0 spiro atoms. The Morgan fingerprint density at radius 1 is 1.26 bits per heavy atom. The van der Waals surface area contributed by atoms with Gasteiger partial charge in [0.25, 0.3) is 0 Å². The molecule has 1 aromatic rings. The topological polar surface area (TPSA) is 91.0 Å². The standard InChI is InChI=1S/C18H28N4O4S/c1-5-13(3)19-14(23)10-21-6-8-22(9-7-21)18(25)20-15-12(2)11-27-16(15)17(24)26-4/h11,13H,5-10H2,1-4H3,(H,19,23)(H,20,25)/t13-/m0/s1. The van der Waals surface area contributed by atoms with Crippen molar-refractivity contribution in [2.75, 3.05) is 45.2 Å². The van der Waals surface area contributed by atoms with Crippen LogP contribution in [0.5, 0.6) is 0 Å². The minimum absolute atomic E-state index is 0.0128. The molecule has 0 aliphatic carbocycles. The van der Waals surface area contributed by atoms with Crippen molar-refractivity contribution < 1.29 is 19.1 Å². The highest BCUT2D eigenvalue weighted by Gasteiger charge is 2.25. The van der Waals surface area contributed by atoms with E-state index in [2.05, 4.69) is 10.6 Å². The maximum absolute atomic E-state index is 12.6. The van der Waals surface area contributed by atoms with Crippen molar-refractivity contribution in [3.8, 4) is 0 Å². The molecule has 0 unspecified atom stereocenters. The summed E-state index contributed by atoms with van der Waals surface area (Å²) in [5.74, 6) is -0.445. The van der Waals surface area contributed by atoms with Gasteiger partial charge in [-0.3, -0.25) is 9.69 Å². The summed E-state index contributed by atoms with van der Waals surface area (Å²) >= 11 is 1.25. The summed E-state index contributed by atoms with van der Waals surface area (Å²) in [7, 11) is 1.32. The van der Waals surface area contributed by atoms with Crippen molar-refractivity contribution >= 4 is 34.9 Å². The van der Waals surface area contributed by atoms with Gasteiger partial charge in [0.2, 0.25) is 5.91 Å². The third-order valence-electron chi connectivity index (χ3n) is 4.62. The second kappa shape index (κ2) is 9.70. The minimum atomic E-state index is -0.458. The number of thiophene rings is 1. The van der Waals surface area contributed by atoms with Crippen molar-refractivity contribution in [3.05, 3.63) is 15.8 Å². The van der Waals surface area contributed by atoms with Gasteiger partial charge in [-0.05, 0) is 31.2 Å². The number of amides is 3. The molecule has 9 heteroatoms. The number of carbonyl (C=O) groups excluding carboxylic acids is 3. The van der Waals surface area contributed by atoms with Gasteiger partial charge >= 0.3 is 12.0 Å². The van der Waals surface area contributed by atoms with Crippen LogP contribution in [-0.2, 0) is 9.53 Å². The molecule has 1 aliphatic rings. The lowest BCUT2D eigenvalue weighted by atomic mass is 10.2. The third-order valence-corrected chi connectivity index (χ3v) is 5.70. The molecule has 1 aromatic heterocycles. The molecule has 0 bridgehead atoms. The molecule has 27 heavy (non-hydrogen) atoms. The van der Waals surface area contributed by atoms with E-state index in [1.165, 1.54) is 18.4 Å². The summed E-state index contributed by atoms with van der Waals surface area (Å²) in [5.41, 5.74) is 1.33. The van der Waals surface area contributed by atoms with Crippen LogP contribution in [-0.4, -0.2) is 73.6 Å². The van der Waals surface area contributed by atoms with Crippen LogP contribution >= 0.6 is 11.3 Å². The van der Waals surface area contributed by atoms with Gasteiger partial charge in [0, 0.05) is 32.2 Å². The zero-order chi connectivity index (χ0) is 20.0. The molecule has 150 valence electrons. The van der Waals surface area contributed by atoms with Crippen LogP contribution in [0.3, 0.4) is 0 Å². The predicted molar refractivity (Wildman–Crippen MR) is 105 cm³/mol. The smallest absolute Gasteiger partial charge is 0.350 e. The van der Waals surface area contributed by atoms with Crippen LogP contribution in [0.25, 0.3) is 0 Å². The number of methoxy groups -OCH3 is 1. The van der Waals surface area contributed by atoms with Gasteiger partial charge < -0.3 is 20.3 Å². The Morgan fingerprint density at radius 2 is 1.93 bits per heavy atom. The lowest BCUT2D eigenvalue weighted by Gasteiger charge is -2.34. The predicted octanol–water partition coefficient (Wildman–Crippen LogP) is 1.91. The number of nitrogens with one attached hydrogen (secondary N) is 2. The largest absolute Gasteiger partial charge is 0.465 e. The van der Waals surface area contributed by atoms with E-state index in [-0.39, 0.29) is 18.0 Å². The van der Waals surface area contributed by atoms with Crippen molar-refractivity contribution in [3.63, 3.8) is 0 Å². The first kappa shape index (κ1) is 21.2. The summed E-state index contributed by atoms with van der Waals surface area (Å²) in [6.07, 6.45) is 0.898. The number of anilines is 1. The summed E-state index contributed by atoms with van der Waals surface area (Å²) in [5, 5.41) is 7.60. The zero-order valence-electron chi connectivity index (χ0n) is 16.3. The number of ether oxygens (including phenoxy) is 1. The van der Waals surface area contributed by atoms with Gasteiger partial charge in [0.05, 0.1) is 19.3 Å². The SMILES string of the molecule is CC[C@H](C)NC(=O)CN1CCN(C(=O)Nc2c(C)csc2C(=O)OC)CC1. The van der Waals surface area contributed by atoms with Gasteiger partial charge in [-0.2, -0.15) is 0 Å². The fourth-order valence-corrected chi connectivity index (χ4v) is 3.69. The number of urea groups is 1. The van der Waals surface area contributed by atoms with Gasteiger partial charge in [-0.15, -0.1) is 11.3 Å². The number of hydrogen-bond acceptors (Lipinski definition) is 6. The Kier molecular flexibility index (Phi) is 7.61. The average molecular weight is 397 g/mol. The van der Waals surface area contributed by atoms with E-state index in [0.717, 1.165) is 12.0 Å². The molecule has 1 fully saturated rings. The van der Waals surface area contributed by atoms with Gasteiger partial charge in [-0.25, -0.2) is 9.59 Å². The van der Waals surface area contributed by atoms with Crippen molar-refractivity contribution in [2.45, 2.75) is 33.2 Å². The number of rotatable bonds is 6. The van der Waals surface area contributed by atoms with Gasteiger partial charge in [0.1, 0.15) is 4.88 Å². The second-order valence-corrected chi connectivity index (χ2v) is 7.56. The molecule has 0 radical (unpaired) electrons. The van der Waals surface area contributed by atoms with Crippen LogP contribution in [0.2, 0.25) is 0 Å². The second-order valence-electron chi connectivity index (χ2n) is 6.68. The Balaban J connectivity index is 1.86. The summed E-state index contributed by atoms with van der Waals surface area (Å²) in [6.45, 7) is 8.51. The third kappa shape index (κ3) is 5.67. The minimum Gasteiger partial charge on any atom is -0.465 e. The van der Waals surface area contributed by atoms with Crippen molar-refractivity contribution in [1.82, 2.24) is 15.1 Å². The van der Waals surface area contributed by atoms with Crippen molar-refractivity contribution in [2.24, 2.45) is 0 Å². The molecule has 0 saturated carbocycles. The number of piperazine rings is 1. The van der Waals surface area contributed by atoms with Gasteiger partial charge in [-0.1, -0.05) is 6.92 Å².